The van der Waals surface area contributed by atoms with Gasteiger partial charge in [-0.3, -0.25) is 0 Å². The SMILES string of the molecule is CC(C)(C)c1cc2nc(c1)C1=CC=CC(=c3cc(C(C)(C)C)cc4c3=Nc3c(cc(C(C)(C)C)cc3-4)-c3cccc(c3)O2)N1. The summed E-state index contributed by atoms with van der Waals surface area (Å²) in [6.45, 7) is 20.3. The van der Waals surface area contributed by atoms with Gasteiger partial charge >= 0.3 is 0 Å². The highest BCUT2D eigenvalue weighted by Gasteiger charge is 2.27. The van der Waals surface area contributed by atoms with Crippen LogP contribution in [0.3, 0.4) is 0 Å². The molecule has 0 aliphatic carbocycles. The Morgan fingerprint density at radius 2 is 1.34 bits per heavy atom. The molecule has 1 N–H and O–H groups in total. The van der Waals surface area contributed by atoms with Gasteiger partial charge in [0.05, 0.1) is 22.4 Å². The van der Waals surface area contributed by atoms with Crippen molar-refractivity contribution in [3.8, 4) is 33.9 Å². The van der Waals surface area contributed by atoms with Gasteiger partial charge in [-0.2, -0.15) is 0 Å². The van der Waals surface area contributed by atoms with Gasteiger partial charge in [0.1, 0.15) is 5.75 Å². The number of ether oxygens (including phenoxy) is 1. The lowest BCUT2D eigenvalue weighted by Gasteiger charge is -2.24. The standard InChI is InChI=1S/C40H41N3O/c1-38(2,3)24-17-28-23-12-10-13-27(16-23)44-35-22-26(40(7,8)9)21-34(42-35)33-15-11-14-32(41-33)31-20-25(39(4,5)6)19-30-29(18-24)36(28)43-37(30)31/h10-22,41H,1-9H3. The van der Waals surface area contributed by atoms with Crippen molar-refractivity contribution >= 4 is 17.1 Å². The van der Waals surface area contributed by atoms with E-state index in [4.69, 9.17) is 14.7 Å². The van der Waals surface area contributed by atoms with Crippen molar-refractivity contribution in [1.29, 1.82) is 0 Å². The van der Waals surface area contributed by atoms with Crippen LogP contribution >= 0.6 is 0 Å². The van der Waals surface area contributed by atoms with Gasteiger partial charge in [0.25, 0.3) is 0 Å². The molecule has 222 valence electrons. The second-order valence-electron chi connectivity index (χ2n) is 15.4. The van der Waals surface area contributed by atoms with E-state index in [1.807, 2.05) is 6.07 Å². The molecule has 4 nitrogen and oxygen atoms in total. The summed E-state index contributed by atoms with van der Waals surface area (Å²) in [4.78, 5) is 10.5. The van der Waals surface area contributed by atoms with Crippen LogP contribution in [0.25, 0.3) is 33.6 Å². The second kappa shape index (κ2) is 9.53. The number of aromatic nitrogens is 1. The summed E-state index contributed by atoms with van der Waals surface area (Å²) >= 11 is 0. The summed E-state index contributed by atoms with van der Waals surface area (Å²) < 4.78 is 6.54. The maximum Gasteiger partial charge on any atom is 0.220 e. The molecule has 0 saturated carbocycles. The van der Waals surface area contributed by atoms with Crippen LogP contribution in [0.15, 0.2) is 83.9 Å². The maximum absolute atomic E-state index is 6.54. The quantitative estimate of drug-likeness (QED) is 0.199. The molecule has 4 heteroatoms. The molecule has 0 amide bonds. The minimum Gasteiger partial charge on any atom is -0.439 e. The van der Waals surface area contributed by atoms with Crippen molar-refractivity contribution in [2.45, 2.75) is 78.6 Å². The molecule has 1 aromatic heterocycles. The highest BCUT2D eigenvalue weighted by molar-refractivity contribution is 5.92. The Kier molecular flexibility index (Phi) is 6.14. The topological polar surface area (TPSA) is 46.5 Å². The first-order valence-corrected chi connectivity index (χ1v) is 15.6. The molecule has 7 rings (SSSR count). The van der Waals surface area contributed by atoms with Gasteiger partial charge in [0.2, 0.25) is 5.88 Å². The number of nitrogens with zero attached hydrogens (tertiary/aromatic N) is 2. The Morgan fingerprint density at radius 1 is 0.682 bits per heavy atom. The number of benzene rings is 3. The zero-order valence-electron chi connectivity index (χ0n) is 27.3. The number of rotatable bonds is 0. The molecular weight excluding hydrogens is 538 g/mol. The first kappa shape index (κ1) is 28.3. The highest BCUT2D eigenvalue weighted by atomic mass is 16.5. The molecule has 3 aromatic carbocycles. The van der Waals surface area contributed by atoms with Crippen molar-refractivity contribution in [2.75, 3.05) is 0 Å². The lowest BCUT2D eigenvalue weighted by atomic mass is 9.81. The second-order valence-corrected chi connectivity index (χ2v) is 15.4. The van der Waals surface area contributed by atoms with E-state index < -0.39 is 0 Å². The molecule has 0 radical (unpaired) electrons. The van der Waals surface area contributed by atoms with Crippen molar-refractivity contribution in [1.82, 2.24) is 10.3 Å². The van der Waals surface area contributed by atoms with Gasteiger partial charge in [0, 0.05) is 33.7 Å². The zero-order chi connectivity index (χ0) is 31.2. The van der Waals surface area contributed by atoms with E-state index in [1.165, 1.54) is 22.3 Å². The number of pyridine rings is 1. The third kappa shape index (κ3) is 4.87. The van der Waals surface area contributed by atoms with Crippen LogP contribution in [0.2, 0.25) is 0 Å². The van der Waals surface area contributed by atoms with Crippen LogP contribution in [0.4, 0.5) is 5.69 Å². The van der Waals surface area contributed by atoms with Crippen LogP contribution < -0.4 is 20.6 Å². The summed E-state index contributed by atoms with van der Waals surface area (Å²) in [5, 5.41) is 5.86. The fourth-order valence-corrected chi connectivity index (χ4v) is 6.08. The van der Waals surface area contributed by atoms with Crippen molar-refractivity contribution in [3.63, 3.8) is 0 Å². The number of nitrogens with one attached hydrogen (secondary N) is 1. The Balaban J connectivity index is 1.62. The van der Waals surface area contributed by atoms with Gasteiger partial charge in [-0.1, -0.05) is 80.5 Å². The molecule has 0 saturated heterocycles. The van der Waals surface area contributed by atoms with Crippen LogP contribution in [0, 0.1) is 0 Å². The minimum absolute atomic E-state index is 0.0399. The van der Waals surface area contributed by atoms with Crippen LogP contribution in [-0.4, -0.2) is 4.98 Å². The van der Waals surface area contributed by atoms with Gasteiger partial charge < -0.3 is 10.1 Å². The first-order valence-electron chi connectivity index (χ1n) is 15.6. The summed E-state index contributed by atoms with van der Waals surface area (Å²) in [6.07, 6.45) is 6.35. The smallest absolute Gasteiger partial charge is 0.220 e. The van der Waals surface area contributed by atoms with Gasteiger partial charge in [0.15, 0.2) is 0 Å². The third-order valence-corrected chi connectivity index (χ3v) is 8.86. The van der Waals surface area contributed by atoms with Crippen molar-refractivity contribution in [2.24, 2.45) is 4.99 Å². The molecule has 4 aromatic rings. The number of hydrogen-bond donors (Lipinski definition) is 1. The summed E-state index contributed by atoms with van der Waals surface area (Å²) in [5.41, 5.74) is 11.9. The third-order valence-electron chi connectivity index (χ3n) is 8.86. The molecule has 4 heterocycles. The molecule has 0 atom stereocenters. The average molecular weight is 580 g/mol. The first-order chi connectivity index (χ1) is 20.6. The van der Waals surface area contributed by atoms with Crippen LogP contribution in [0.5, 0.6) is 11.6 Å². The molecule has 3 aliphatic rings. The number of hydrogen-bond acceptors (Lipinski definition) is 4. The predicted octanol–water partition coefficient (Wildman–Crippen LogP) is 8.99. The average Bonchev–Trinajstić information content (AvgIpc) is 3.33. The molecule has 0 spiro atoms. The Morgan fingerprint density at radius 3 is 2.07 bits per heavy atom. The van der Waals surface area contributed by atoms with Crippen molar-refractivity contribution < 1.29 is 4.74 Å². The maximum atomic E-state index is 6.54. The Hall–Kier alpha value is -4.44. The van der Waals surface area contributed by atoms with Crippen molar-refractivity contribution in [3.05, 3.63) is 112 Å². The van der Waals surface area contributed by atoms with Gasteiger partial charge in [-0.05, 0) is 93.1 Å². The lowest BCUT2D eigenvalue weighted by molar-refractivity contribution is 0.458. The summed E-state index contributed by atoms with van der Waals surface area (Å²) in [5.74, 6) is 1.33. The number of fused-ring (bicyclic) bond motifs is 9. The van der Waals surface area contributed by atoms with E-state index >= 15 is 0 Å². The number of dihydropyridines is 1. The molecule has 3 aliphatic heterocycles. The highest BCUT2D eigenvalue weighted by Crippen LogP contribution is 2.45. The lowest BCUT2D eigenvalue weighted by Crippen LogP contribution is -2.34. The van der Waals surface area contributed by atoms with E-state index in [0.29, 0.717) is 5.88 Å². The van der Waals surface area contributed by atoms with E-state index in [1.54, 1.807) is 0 Å². The predicted molar refractivity (Wildman–Crippen MR) is 182 cm³/mol. The van der Waals surface area contributed by atoms with Gasteiger partial charge in [-0.25, -0.2) is 9.98 Å². The van der Waals surface area contributed by atoms with E-state index in [0.717, 1.165) is 55.8 Å². The largest absolute Gasteiger partial charge is 0.439 e. The normalized spacial score (nSPS) is 15.0. The minimum atomic E-state index is -0.0836. The number of allylic oxidation sites excluding steroid dienone is 2. The monoisotopic (exact) mass is 579 g/mol. The fraction of sp³-hybridized carbons (Fsp3) is 0.300. The van der Waals surface area contributed by atoms with E-state index in [9.17, 15) is 0 Å². The fourth-order valence-electron chi connectivity index (χ4n) is 6.08. The van der Waals surface area contributed by atoms with Crippen LogP contribution in [-0.2, 0) is 16.2 Å². The summed E-state index contributed by atoms with van der Waals surface area (Å²) in [6, 6.07) is 22.0. The zero-order valence-corrected chi connectivity index (χ0v) is 27.3. The molecule has 8 bridgehead atoms. The van der Waals surface area contributed by atoms with Gasteiger partial charge in [-0.15, -0.1) is 0 Å². The van der Waals surface area contributed by atoms with E-state index in [2.05, 4.69) is 140 Å². The molecule has 0 unspecified atom stereocenters. The Bertz CT molecular complexity index is 2060. The van der Waals surface area contributed by atoms with Crippen LogP contribution in [0.1, 0.15) is 84.7 Å². The molecule has 0 fully saturated rings. The molecule has 44 heavy (non-hydrogen) atoms. The summed E-state index contributed by atoms with van der Waals surface area (Å²) in [7, 11) is 0. The van der Waals surface area contributed by atoms with E-state index in [-0.39, 0.29) is 16.2 Å². The molecular formula is C40H41N3O. The Labute approximate surface area is 260 Å².